The zero-order chi connectivity index (χ0) is 20.0. The summed E-state index contributed by atoms with van der Waals surface area (Å²) in [4.78, 5) is 28.9. The molecule has 1 heterocycles. The second-order valence-corrected chi connectivity index (χ2v) is 6.40. The zero-order valence-corrected chi connectivity index (χ0v) is 15.9. The van der Waals surface area contributed by atoms with Crippen LogP contribution in [-0.2, 0) is 16.0 Å². The molecule has 148 valence electrons. The number of ether oxygens (including phenoxy) is 2. The highest BCUT2D eigenvalue weighted by Gasteiger charge is 2.19. The molecule has 0 aliphatic carbocycles. The van der Waals surface area contributed by atoms with Gasteiger partial charge in [-0.15, -0.1) is 0 Å². The molecule has 0 fully saturated rings. The molecule has 1 unspecified atom stereocenters. The van der Waals surface area contributed by atoms with Gasteiger partial charge in [0, 0.05) is 13.2 Å². The van der Waals surface area contributed by atoms with E-state index in [1.165, 1.54) is 11.7 Å². The molecule has 0 saturated heterocycles. The number of aliphatic hydroxyl groups is 2. The summed E-state index contributed by atoms with van der Waals surface area (Å²) in [5, 5.41) is 18.8. The van der Waals surface area contributed by atoms with Gasteiger partial charge < -0.3 is 24.3 Å². The number of aryl methyl sites for hydroxylation is 3. The van der Waals surface area contributed by atoms with Gasteiger partial charge in [0.2, 0.25) is 5.69 Å². The minimum atomic E-state index is -0.785. The third kappa shape index (κ3) is 5.12. The summed E-state index contributed by atoms with van der Waals surface area (Å²) in [6.07, 6.45) is 0.0290. The Kier molecular flexibility index (Phi) is 7.46. The summed E-state index contributed by atoms with van der Waals surface area (Å²) >= 11 is 0. The van der Waals surface area contributed by atoms with E-state index in [0.717, 1.165) is 11.1 Å². The molecule has 0 spiro atoms. The monoisotopic (exact) mass is 378 g/mol. The first-order valence-corrected chi connectivity index (χ1v) is 8.85. The van der Waals surface area contributed by atoms with Gasteiger partial charge in [-0.2, -0.15) is 0 Å². The molecule has 0 amide bonds. The molecule has 0 saturated carbocycles. The number of benzene rings is 1. The average Bonchev–Trinajstić information content (AvgIpc) is 2.65. The predicted octanol–water partition coefficient (Wildman–Crippen LogP) is 0.950. The maximum absolute atomic E-state index is 12.8. The van der Waals surface area contributed by atoms with Gasteiger partial charge in [-0.3, -0.25) is 4.79 Å². The third-order valence-corrected chi connectivity index (χ3v) is 4.46. The van der Waals surface area contributed by atoms with Crippen LogP contribution < -0.4 is 5.56 Å². The largest absolute Gasteiger partial charge is 0.464 e. The van der Waals surface area contributed by atoms with Crippen LogP contribution in [0.15, 0.2) is 16.9 Å². The van der Waals surface area contributed by atoms with Crippen molar-refractivity contribution in [3.05, 3.63) is 39.3 Å². The Morgan fingerprint density at radius 1 is 1.22 bits per heavy atom. The van der Waals surface area contributed by atoms with Gasteiger partial charge in [0.15, 0.2) is 0 Å². The normalized spacial score (nSPS) is 12.3. The first kappa shape index (κ1) is 21.0. The van der Waals surface area contributed by atoms with Crippen molar-refractivity contribution in [2.75, 3.05) is 26.9 Å². The highest BCUT2D eigenvalue weighted by atomic mass is 16.5. The van der Waals surface area contributed by atoms with Crippen molar-refractivity contribution in [2.45, 2.75) is 39.3 Å². The molecule has 1 aromatic carbocycles. The van der Waals surface area contributed by atoms with E-state index in [9.17, 15) is 14.7 Å². The molecular formula is C19H26N2O6. The molecule has 2 aromatic rings. The van der Waals surface area contributed by atoms with Crippen LogP contribution in [0.1, 0.15) is 34.5 Å². The van der Waals surface area contributed by atoms with E-state index in [4.69, 9.17) is 9.84 Å². The topological polar surface area (TPSA) is 111 Å². The van der Waals surface area contributed by atoms with E-state index in [1.54, 1.807) is 0 Å². The van der Waals surface area contributed by atoms with E-state index in [-0.39, 0.29) is 25.5 Å². The lowest BCUT2D eigenvalue weighted by molar-refractivity contribution is 0.0566. The standard InChI is InChI=1S/C19H26N2O6/c1-12-10-15-16(11-13(12)2)21(18(24)17(20-15)19(25)26-3)6-4-14(23)5-8-27-9-7-22/h10-11,14,22-23H,4-9H2,1-3H3. The first-order valence-electron chi connectivity index (χ1n) is 8.85. The molecule has 8 nitrogen and oxygen atoms in total. The Hall–Kier alpha value is -2.29. The smallest absolute Gasteiger partial charge is 0.362 e. The van der Waals surface area contributed by atoms with Crippen LogP contribution in [0.4, 0.5) is 0 Å². The number of hydrogen-bond donors (Lipinski definition) is 2. The number of methoxy groups -OCH3 is 1. The minimum absolute atomic E-state index is 0.0659. The summed E-state index contributed by atoms with van der Waals surface area (Å²) in [7, 11) is 1.20. The van der Waals surface area contributed by atoms with Crippen molar-refractivity contribution in [1.29, 1.82) is 0 Å². The van der Waals surface area contributed by atoms with Gasteiger partial charge in [-0.05, 0) is 49.9 Å². The lowest BCUT2D eigenvalue weighted by atomic mass is 10.1. The van der Waals surface area contributed by atoms with Gasteiger partial charge in [0.25, 0.3) is 5.56 Å². The molecule has 0 bridgehead atoms. The molecule has 0 aliphatic rings. The van der Waals surface area contributed by atoms with E-state index < -0.39 is 17.6 Å². The van der Waals surface area contributed by atoms with E-state index >= 15 is 0 Å². The van der Waals surface area contributed by atoms with Gasteiger partial charge in [-0.25, -0.2) is 9.78 Å². The van der Waals surface area contributed by atoms with Crippen LogP contribution in [0, 0.1) is 13.8 Å². The first-order chi connectivity index (χ1) is 12.9. The van der Waals surface area contributed by atoms with Crippen molar-refractivity contribution in [3.63, 3.8) is 0 Å². The molecule has 27 heavy (non-hydrogen) atoms. The fraction of sp³-hybridized carbons (Fsp3) is 0.526. The Bertz CT molecular complexity index is 861. The number of fused-ring (bicyclic) bond motifs is 1. The second-order valence-electron chi connectivity index (χ2n) is 6.40. The van der Waals surface area contributed by atoms with Gasteiger partial charge in [0.05, 0.1) is 37.5 Å². The molecule has 1 atom stereocenters. The van der Waals surface area contributed by atoms with Crippen LogP contribution in [-0.4, -0.2) is 58.8 Å². The van der Waals surface area contributed by atoms with Gasteiger partial charge in [0.1, 0.15) is 0 Å². The lowest BCUT2D eigenvalue weighted by Crippen LogP contribution is -2.30. The summed E-state index contributed by atoms with van der Waals surface area (Å²) < 4.78 is 11.3. The third-order valence-electron chi connectivity index (χ3n) is 4.46. The number of aromatic nitrogens is 2. The molecular weight excluding hydrogens is 352 g/mol. The van der Waals surface area contributed by atoms with Gasteiger partial charge in [-0.1, -0.05) is 0 Å². The minimum Gasteiger partial charge on any atom is -0.464 e. The summed E-state index contributed by atoms with van der Waals surface area (Å²) in [6.45, 7) is 4.57. The number of hydrogen-bond acceptors (Lipinski definition) is 7. The number of carbonyl (C=O) groups is 1. The Morgan fingerprint density at radius 3 is 2.59 bits per heavy atom. The molecule has 0 radical (unpaired) electrons. The Labute approximate surface area is 157 Å². The fourth-order valence-corrected chi connectivity index (χ4v) is 2.76. The van der Waals surface area contributed by atoms with Crippen LogP contribution in [0.5, 0.6) is 0 Å². The van der Waals surface area contributed by atoms with Crippen LogP contribution in [0.2, 0.25) is 0 Å². The number of esters is 1. The summed E-state index contributed by atoms with van der Waals surface area (Å²) in [6, 6.07) is 3.68. The van der Waals surface area contributed by atoms with Crippen molar-refractivity contribution >= 4 is 17.0 Å². The lowest BCUT2D eigenvalue weighted by Gasteiger charge is -2.15. The molecule has 2 rings (SSSR count). The quantitative estimate of drug-likeness (QED) is 0.494. The van der Waals surface area contributed by atoms with E-state index in [1.807, 2.05) is 26.0 Å². The molecule has 0 aliphatic heterocycles. The van der Waals surface area contributed by atoms with Crippen molar-refractivity contribution in [2.24, 2.45) is 0 Å². The Morgan fingerprint density at radius 2 is 1.93 bits per heavy atom. The number of aliphatic hydroxyl groups excluding tert-OH is 2. The van der Waals surface area contributed by atoms with Crippen LogP contribution in [0.3, 0.4) is 0 Å². The van der Waals surface area contributed by atoms with Crippen molar-refractivity contribution < 1.29 is 24.5 Å². The molecule has 1 aromatic heterocycles. The SMILES string of the molecule is COC(=O)c1nc2cc(C)c(C)cc2n(CCC(O)CCOCCO)c1=O. The zero-order valence-electron chi connectivity index (χ0n) is 15.9. The molecule has 8 heteroatoms. The maximum Gasteiger partial charge on any atom is 0.362 e. The van der Waals surface area contributed by atoms with Crippen LogP contribution in [0.25, 0.3) is 11.0 Å². The highest BCUT2D eigenvalue weighted by Crippen LogP contribution is 2.18. The summed E-state index contributed by atoms with van der Waals surface area (Å²) in [5.74, 6) is -0.785. The Balaban J connectivity index is 2.32. The van der Waals surface area contributed by atoms with Crippen LogP contribution >= 0.6 is 0 Å². The highest BCUT2D eigenvalue weighted by molar-refractivity contribution is 5.89. The van der Waals surface area contributed by atoms with Gasteiger partial charge >= 0.3 is 5.97 Å². The molecule has 2 N–H and O–H groups in total. The fourth-order valence-electron chi connectivity index (χ4n) is 2.76. The van der Waals surface area contributed by atoms with E-state index in [0.29, 0.717) is 30.5 Å². The second kappa shape index (κ2) is 9.59. The van der Waals surface area contributed by atoms with E-state index in [2.05, 4.69) is 9.72 Å². The summed E-state index contributed by atoms with van der Waals surface area (Å²) in [5.41, 5.74) is 2.33. The predicted molar refractivity (Wildman–Crippen MR) is 100.0 cm³/mol. The maximum atomic E-state index is 12.8. The van der Waals surface area contributed by atoms with Crippen molar-refractivity contribution in [3.8, 4) is 0 Å². The number of carbonyl (C=O) groups excluding carboxylic acids is 1. The number of nitrogens with zero attached hydrogens (tertiary/aromatic N) is 2. The van der Waals surface area contributed by atoms with Crippen molar-refractivity contribution in [1.82, 2.24) is 9.55 Å². The average molecular weight is 378 g/mol. The number of rotatable bonds is 9.